The molecule has 1 atom stereocenters. The van der Waals surface area contributed by atoms with Gasteiger partial charge < -0.3 is 10.4 Å². The Hall–Kier alpha value is -0.230. The van der Waals surface area contributed by atoms with Gasteiger partial charge in [0.2, 0.25) is 5.91 Å². The van der Waals surface area contributed by atoms with Crippen molar-refractivity contribution >= 4 is 41.5 Å². The molecular weight excluding hydrogens is 234 g/mol. The van der Waals surface area contributed by atoms with E-state index in [1.165, 1.54) is 6.92 Å². The van der Waals surface area contributed by atoms with E-state index in [1.807, 2.05) is 0 Å². The maximum atomic E-state index is 10.3. The minimum atomic E-state index is -1.06. The number of carbonyl (C=O) groups is 2. The van der Waals surface area contributed by atoms with E-state index in [0.717, 1.165) is 0 Å². The van der Waals surface area contributed by atoms with Crippen molar-refractivity contribution in [2.24, 2.45) is 0 Å². The van der Waals surface area contributed by atoms with Crippen molar-refractivity contribution in [3.63, 3.8) is 0 Å². The number of rotatable bonds is 3. The predicted molar refractivity (Wildman–Crippen MR) is 49.4 cm³/mol. The molecule has 0 rings (SSSR count). The summed E-state index contributed by atoms with van der Waals surface area (Å²) in [6.45, 7) is 1.26. The zero-order chi connectivity index (χ0) is 8.15. The smallest absolute Gasteiger partial charge is 0.327 e. The van der Waals surface area contributed by atoms with E-state index < -0.39 is 12.0 Å². The van der Waals surface area contributed by atoms with Crippen LogP contribution >= 0.6 is 29.6 Å². The molecule has 0 spiro atoms. The Morgan fingerprint density at radius 3 is 2.18 bits per heavy atom. The number of aliphatic carboxylic acids is 1. The Morgan fingerprint density at radius 2 is 2.09 bits per heavy atom. The van der Waals surface area contributed by atoms with Crippen molar-refractivity contribution in [2.45, 2.75) is 13.0 Å². The van der Waals surface area contributed by atoms with Crippen LogP contribution in [0.1, 0.15) is 6.92 Å². The summed E-state index contributed by atoms with van der Waals surface area (Å²) >= 11 is 3.73. The third-order valence-corrected chi connectivity index (χ3v) is 1.22. The van der Waals surface area contributed by atoms with Gasteiger partial charge >= 0.3 is 5.97 Å². The van der Waals surface area contributed by atoms with Crippen molar-refractivity contribution in [1.29, 1.82) is 0 Å². The number of nitrogens with one attached hydrogen (secondary N) is 1. The van der Waals surface area contributed by atoms with Crippen molar-refractivity contribution in [2.75, 3.05) is 5.75 Å². The molecule has 0 radical (unpaired) electrons. The summed E-state index contributed by atoms with van der Waals surface area (Å²) in [6, 6.07) is -0.874. The van der Waals surface area contributed by atoms with Crippen LogP contribution in [0.4, 0.5) is 0 Å². The fourth-order valence-corrected chi connectivity index (χ4v) is 0.678. The Morgan fingerprint density at radius 1 is 1.64 bits per heavy atom. The molecule has 0 aliphatic rings. The van der Waals surface area contributed by atoms with Gasteiger partial charge in [-0.3, -0.25) is 4.79 Å². The monoisotopic (exact) mass is 243 g/mol. The van der Waals surface area contributed by atoms with Crippen molar-refractivity contribution in [3.8, 4) is 0 Å². The summed E-state index contributed by atoms with van der Waals surface area (Å²) in [5.74, 6) is -1.32. The lowest BCUT2D eigenvalue weighted by Gasteiger charge is -2.08. The number of amides is 1. The summed E-state index contributed by atoms with van der Waals surface area (Å²) in [7, 11) is 0. The average molecular weight is 244 g/mol. The van der Waals surface area contributed by atoms with Crippen molar-refractivity contribution in [1.82, 2.24) is 5.32 Å². The van der Waals surface area contributed by atoms with Gasteiger partial charge in [-0.25, -0.2) is 4.79 Å². The van der Waals surface area contributed by atoms with Crippen LogP contribution in [0.5, 0.6) is 0 Å². The molecule has 6 heteroatoms. The number of hydrogen-bond donors (Lipinski definition) is 3. The Bertz CT molecular complexity index is 153. The maximum Gasteiger partial charge on any atom is 0.327 e. The highest BCUT2D eigenvalue weighted by molar-refractivity contribution is 8.93. The van der Waals surface area contributed by atoms with E-state index in [0.29, 0.717) is 0 Å². The Balaban J connectivity index is 0. The minimum absolute atomic E-state index is 0. The third kappa shape index (κ3) is 6.18. The van der Waals surface area contributed by atoms with E-state index in [9.17, 15) is 9.59 Å². The number of halogens is 1. The minimum Gasteiger partial charge on any atom is -0.480 e. The van der Waals surface area contributed by atoms with E-state index in [-0.39, 0.29) is 28.6 Å². The summed E-state index contributed by atoms with van der Waals surface area (Å²) in [6.07, 6.45) is 0. The van der Waals surface area contributed by atoms with E-state index >= 15 is 0 Å². The molecule has 0 aromatic heterocycles. The maximum absolute atomic E-state index is 10.3. The van der Waals surface area contributed by atoms with Gasteiger partial charge in [-0.05, 0) is 0 Å². The zero-order valence-corrected chi connectivity index (χ0v) is 8.51. The quantitative estimate of drug-likeness (QED) is 0.616. The van der Waals surface area contributed by atoms with Gasteiger partial charge in [-0.15, -0.1) is 17.0 Å². The summed E-state index contributed by atoms with van der Waals surface area (Å²) in [5.41, 5.74) is 0. The molecule has 1 amide bonds. The molecule has 4 nitrogen and oxygen atoms in total. The largest absolute Gasteiger partial charge is 0.480 e. The van der Waals surface area contributed by atoms with E-state index in [1.54, 1.807) is 0 Å². The summed E-state index contributed by atoms with van der Waals surface area (Å²) < 4.78 is 0. The number of carboxylic acid groups (broad SMARTS) is 1. The lowest BCUT2D eigenvalue weighted by Crippen LogP contribution is -2.40. The highest BCUT2D eigenvalue weighted by atomic mass is 79.9. The molecule has 11 heavy (non-hydrogen) atoms. The fourth-order valence-electron chi connectivity index (χ4n) is 0.431. The van der Waals surface area contributed by atoms with Gasteiger partial charge in [0.15, 0.2) is 0 Å². The highest BCUT2D eigenvalue weighted by Gasteiger charge is 2.14. The van der Waals surface area contributed by atoms with Gasteiger partial charge in [0.25, 0.3) is 0 Å². The van der Waals surface area contributed by atoms with Crippen LogP contribution in [0, 0.1) is 0 Å². The molecule has 0 aliphatic heterocycles. The fraction of sp³-hybridized carbons (Fsp3) is 0.600. The standard InChI is InChI=1S/C5H9NO3S.BrH/c1-3(7)6-4(2-10)5(8)9;/h4,10H,2H2,1H3,(H,6,7)(H,8,9);1H/t4-;/m0./s1. The molecule has 0 aromatic carbocycles. The molecule has 0 saturated heterocycles. The number of thiol groups is 1. The Kier molecular flexibility index (Phi) is 7.87. The molecule has 66 valence electrons. The first kappa shape index (κ1) is 13.4. The topological polar surface area (TPSA) is 66.4 Å². The third-order valence-electron chi connectivity index (χ3n) is 0.858. The molecule has 0 bridgehead atoms. The lowest BCUT2D eigenvalue weighted by atomic mass is 10.3. The van der Waals surface area contributed by atoms with Gasteiger partial charge in [0.1, 0.15) is 6.04 Å². The molecule has 2 N–H and O–H groups in total. The second kappa shape index (κ2) is 6.48. The van der Waals surface area contributed by atoms with E-state index in [4.69, 9.17) is 5.11 Å². The van der Waals surface area contributed by atoms with Gasteiger partial charge in [0.05, 0.1) is 0 Å². The normalized spacial score (nSPS) is 11.1. The Labute approximate surface area is 80.5 Å². The molecule has 0 unspecified atom stereocenters. The first-order chi connectivity index (χ1) is 4.57. The highest BCUT2D eigenvalue weighted by Crippen LogP contribution is 1.86. The van der Waals surface area contributed by atoms with Crippen molar-refractivity contribution < 1.29 is 14.7 Å². The van der Waals surface area contributed by atoms with Crippen LogP contribution in [0.3, 0.4) is 0 Å². The van der Waals surface area contributed by atoms with Gasteiger partial charge in [0, 0.05) is 12.7 Å². The predicted octanol–water partition coefficient (Wildman–Crippen LogP) is 0.0834. The van der Waals surface area contributed by atoms with Crippen molar-refractivity contribution in [3.05, 3.63) is 0 Å². The molecule has 0 fully saturated rings. The van der Waals surface area contributed by atoms with Crippen LogP contribution in [-0.4, -0.2) is 28.8 Å². The SMILES string of the molecule is Br.CC(=O)N[C@@H](CS)C(=O)O. The molecule has 0 aromatic rings. The zero-order valence-electron chi connectivity index (χ0n) is 5.90. The molecule has 0 saturated carbocycles. The lowest BCUT2D eigenvalue weighted by molar-refractivity contribution is -0.140. The van der Waals surface area contributed by atoms with Crippen LogP contribution in [0.2, 0.25) is 0 Å². The molecule has 0 heterocycles. The number of carbonyl (C=O) groups excluding carboxylic acids is 1. The van der Waals surface area contributed by atoms with Gasteiger partial charge in [-0.1, -0.05) is 0 Å². The summed E-state index contributed by atoms with van der Waals surface area (Å²) in [5, 5.41) is 10.6. The van der Waals surface area contributed by atoms with Crippen LogP contribution in [0.25, 0.3) is 0 Å². The second-order valence-corrected chi connectivity index (χ2v) is 2.14. The molecule has 0 aliphatic carbocycles. The average Bonchev–Trinajstić information content (AvgIpc) is 1.81. The van der Waals surface area contributed by atoms with Crippen LogP contribution in [-0.2, 0) is 9.59 Å². The second-order valence-electron chi connectivity index (χ2n) is 1.77. The van der Waals surface area contributed by atoms with E-state index in [2.05, 4.69) is 17.9 Å². The van der Waals surface area contributed by atoms with Gasteiger partial charge in [-0.2, -0.15) is 12.6 Å². The first-order valence-corrected chi connectivity index (χ1v) is 3.32. The first-order valence-electron chi connectivity index (χ1n) is 2.68. The summed E-state index contributed by atoms with van der Waals surface area (Å²) in [4.78, 5) is 20.5. The number of carboxylic acids is 1. The molecular formula is C5H10BrNO3S. The van der Waals surface area contributed by atoms with Crippen LogP contribution < -0.4 is 5.32 Å². The number of hydrogen-bond acceptors (Lipinski definition) is 3. The van der Waals surface area contributed by atoms with Crippen LogP contribution in [0.15, 0.2) is 0 Å².